The molecule has 1 aromatic heterocycles. The molecule has 0 saturated carbocycles. The van der Waals surface area contributed by atoms with Crippen LogP contribution in [-0.2, 0) is 9.47 Å². The first kappa shape index (κ1) is 18.4. The van der Waals surface area contributed by atoms with Crippen molar-refractivity contribution in [2.75, 3.05) is 50.9 Å². The topological polar surface area (TPSA) is 84.0 Å². The highest BCUT2D eigenvalue weighted by atomic mass is 16.6. The van der Waals surface area contributed by atoms with Gasteiger partial charge in [0, 0.05) is 32.2 Å². The third-order valence-corrected chi connectivity index (χ3v) is 4.71. The number of amides is 2. The molecule has 142 valence electrons. The number of hydrogen-bond acceptors (Lipinski definition) is 6. The van der Waals surface area contributed by atoms with Crippen molar-refractivity contribution >= 4 is 17.7 Å². The number of nitrogens with zero attached hydrogens (tertiary/aromatic N) is 3. The Morgan fingerprint density at radius 3 is 2.58 bits per heavy atom. The van der Waals surface area contributed by atoms with Gasteiger partial charge in [0.15, 0.2) is 0 Å². The van der Waals surface area contributed by atoms with Gasteiger partial charge in [0.1, 0.15) is 5.69 Å². The van der Waals surface area contributed by atoms with E-state index in [2.05, 4.69) is 15.2 Å². The number of carbonyl (C=O) groups is 2. The number of ether oxygens (including phenoxy) is 2. The maximum atomic E-state index is 12.4. The number of likely N-dealkylation sites (tertiary alicyclic amines) is 1. The lowest BCUT2D eigenvalue weighted by atomic mass is 10.1. The normalized spacial score (nSPS) is 18.5. The van der Waals surface area contributed by atoms with E-state index in [0.29, 0.717) is 38.6 Å². The third-order valence-electron chi connectivity index (χ3n) is 4.71. The molecule has 2 amide bonds. The van der Waals surface area contributed by atoms with E-state index in [-0.39, 0.29) is 18.0 Å². The van der Waals surface area contributed by atoms with Gasteiger partial charge >= 0.3 is 6.09 Å². The molecule has 8 nitrogen and oxygen atoms in total. The first-order valence-electron chi connectivity index (χ1n) is 9.18. The minimum atomic E-state index is -0.280. The molecule has 26 heavy (non-hydrogen) atoms. The lowest BCUT2D eigenvalue weighted by Gasteiger charge is -2.31. The van der Waals surface area contributed by atoms with Crippen LogP contribution in [0, 0.1) is 0 Å². The van der Waals surface area contributed by atoms with Crippen molar-refractivity contribution in [3.63, 3.8) is 0 Å². The summed E-state index contributed by atoms with van der Waals surface area (Å²) < 4.78 is 10.4. The zero-order valence-electron chi connectivity index (χ0n) is 15.1. The summed E-state index contributed by atoms with van der Waals surface area (Å²) in [5, 5.41) is 3.01. The molecular formula is C18H26N4O4. The van der Waals surface area contributed by atoms with Crippen LogP contribution in [0.4, 0.5) is 10.5 Å². The highest BCUT2D eigenvalue weighted by Crippen LogP contribution is 2.16. The van der Waals surface area contributed by atoms with Gasteiger partial charge in [-0.15, -0.1) is 0 Å². The standard InChI is InChI=1S/C18H26N4O4/c1-2-26-18(24)22-7-5-14(6-8-22)20-17(23)16-4-3-15(13-19-16)21-9-11-25-12-10-21/h3-4,13-14H,2,5-12H2,1H3,(H,20,23). The SMILES string of the molecule is CCOC(=O)N1CCC(NC(=O)c2ccc(N3CCOCC3)cn2)CC1. The number of hydrogen-bond donors (Lipinski definition) is 1. The summed E-state index contributed by atoms with van der Waals surface area (Å²) in [6.45, 7) is 6.46. The largest absolute Gasteiger partial charge is 0.450 e. The van der Waals surface area contributed by atoms with Crippen LogP contribution in [0.3, 0.4) is 0 Å². The summed E-state index contributed by atoms with van der Waals surface area (Å²) in [7, 11) is 0. The molecule has 0 radical (unpaired) electrons. The number of pyridine rings is 1. The van der Waals surface area contributed by atoms with Gasteiger partial charge in [-0.2, -0.15) is 0 Å². The Morgan fingerprint density at radius 2 is 1.96 bits per heavy atom. The second-order valence-corrected chi connectivity index (χ2v) is 6.43. The van der Waals surface area contributed by atoms with Gasteiger partial charge < -0.3 is 24.6 Å². The molecule has 8 heteroatoms. The molecule has 2 saturated heterocycles. The summed E-state index contributed by atoms with van der Waals surface area (Å²) in [6, 6.07) is 3.73. The van der Waals surface area contributed by atoms with Crippen LogP contribution in [0.15, 0.2) is 18.3 Å². The summed E-state index contributed by atoms with van der Waals surface area (Å²) in [5.74, 6) is -0.173. The van der Waals surface area contributed by atoms with E-state index in [1.165, 1.54) is 0 Å². The Hall–Kier alpha value is -2.35. The van der Waals surface area contributed by atoms with Crippen molar-refractivity contribution in [2.24, 2.45) is 0 Å². The van der Waals surface area contributed by atoms with E-state index in [1.54, 1.807) is 24.1 Å². The van der Waals surface area contributed by atoms with Crippen molar-refractivity contribution in [2.45, 2.75) is 25.8 Å². The van der Waals surface area contributed by atoms with Crippen molar-refractivity contribution in [3.8, 4) is 0 Å². The number of morpholine rings is 1. The van der Waals surface area contributed by atoms with Crippen molar-refractivity contribution in [1.82, 2.24) is 15.2 Å². The van der Waals surface area contributed by atoms with Gasteiger partial charge in [0.25, 0.3) is 5.91 Å². The Kier molecular flexibility index (Phi) is 6.27. The van der Waals surface area contributed by atoms with E-state index in [9.17, 15) is 9.59 Å². The quantitative estimate of drug-likeness (QED) is 0.868. The van der Waals surface area contributed by atoms with Crippen LogP contribution in [0.2, 0.25) is 0 Å². The predicted molar refractivity (Wildman–Crippen MR) is 96.4 cm³/mol. The molecule has 3 rings (SSSR count). The summed E-state index contributed by atoms with van der Waals surface area (Å²) in [4.78, 5) is 32.3. The number of rotatable bonds is 4. The first-order valence-corrected chi connectivity index (χ1v) is 9.18. The molecular weight excluding hydrogens is 336 g/mol. The molecule has 0 atom stereocenters. The highest BCUT2D eigenvalue weighted by molar-refractivity contribution is 5.92. The second kappa shape index (κ2) is 8.84. The molecule has 2 fully saturated rings. The first-order chi connectivity index (χ1) is 12.7. The second-order valence-electron chi connectivity index (χ2n) is 6.43. The molecule has 0 aliphatic carbocycles. The van der Waals surface area contributed by atoms with Gasteiger partial charge in [0.2, 0.25) is 0 Å². The van der Waals surface area contributed by atoms with Crippen molar-refractivity contribution in [3.05, 3.63) is 24.0 Å². The number of carbonyl (C=O) groups excluding carboxylic acids is 2. The predicted octanol–water partition coefficient (Wildman–Crippen LogP) is 1.27. The van der Waals surface area contributed by atoms with Crippen LogP contribution in [0.25, 0.3) is 0 Å². The maximum Gasteiger partial charge on any atom is 0.409 e. The van der Waals surface area contributed by atoms with Crippen LogP contribution in [0.5, 0.6) is 0 Å². The lowest BCUT2D eigenvalue weighted by molar-refractivity contribution is 0.0856. The molecule has 0 unspecified atom stereocenters. The van der Waals surface area contributed by atoms with Gasteiger partial charge in [-0.25, -0.2) is 9.78 Å². The summed E-state index contributed by atoms with van der Waals surface area (Å²) in [6.07, 6.45) is 2.90. The zero-order chi connectivity index (χ0) is 18.4. The zero-order valence-corrected chi connectivity index (χ0v) is 15.1. The monoisotopic (exact) mass is 362 g/mol. The highest BCUT2D eigenvalue weighted by Gasteiger charge is 2.25. The Balaban J connectivity index is 1.48. The number of anilines is 1. The molecule has 0 spiro atoms. The van der Waals surface area contributed by atoms with E-state index in [0.717, 1.165) is 31.6 Å². The number of aromatic nitrogens is 1. The van der Waals surface area contributed by atoms with Crippen LogP contribution in [-0.4, -0.2) is 73.9 Å². The molecule has 2 aliphatic rings. The average molecular weight is 362 g/mol. The van der Waals surface area contributed by atoms with Crippen molar-refractivity contribution in [1.29, 1.82) is 0 Å². The molecule has 3 heterocycles. The van der Waals surface area contributed by atoms with E-state index < -0.39 is 0 Å². The fourth-order valence-electron chi connectivity index (χ4n) is 3.21. The summed E-state index contributed by atoms with van der Waals surface area (Å²) in [5.41, 5.74) is 1.42. The molecule has 1 N–H and O–H groups in total. The fourth-order valence-corrected chi connectivity index (χ4v) is 3.21. The molecule has 0 aromatic carbocycles. The lowest BCUT2D eigenvalue weighted by Crippen LogP contribution is -2.46. The smallest absolute Gasteiger partial charge is 0.409 e. The van der Waals surface area contributed by atoms with Crippen LogP contribution >= 0.6 is 0 Å². The minimum absolute atomic E-state index is 0.0499. The Labute approximate surface area is 153 Å². The molecule has 0 bridgehead atoms. The van der Waals surface area contributed by atoms with E-state index in [1.807, 2.05) is 6.07 Å². The molecule has 2 aliphatic heterocycles. The van der Waals surface area contributed by atoms with Gasteiger partial charge in [-0.05, 0) is 31.9 Å². The van der Waals surface area contributed by atoms with Crippen molar-refractivity contribution < 1.29 is 19.1 Å². The van der Waals surface area contributed by atoms with Crippen LogP contribution < -0.4 is 10.2 Å². The van der Waals surface area contributed by atoms with Gasteiger partial charge in [0.05, 0.1) is 31.7 Å². The minimum Gasteiger partial charge on any atom is -0.450 e. The molecule has 1 aromatic rings. The van der Waals surface area contributed by atoms with E-state index >= 15 is 0 Å². The van der Waals surface area contributed by atoms with Gasteiger partial charge in [-0.1, -0.05) is 0 Å². The fraction of sp³-hybridized carbons (Fsp3) is 0.611. The number of piperidine rings is 1. The maximum absolute atomic E-state index is 12.4. The Morgan fingerprint density at radius 1 is 1.23 bits per heavy atom. The van der Waals surface area contributed by atoms with E-state index in [4.69, 9.17) is 9.47 Å². The third kappa shape index (κ3) is 4.63. The summed E-state index contributed by atoms with van der Waals surface area (Å²) >= 11 is 0. The Bertz CT molecular complexity index is 608. The number of nitrogens with one attached hydrogen (secondary N) is 1. The average Bonchev–Trinajstić information content (AvgIpc) is 2.69. The van der Waals surface area contributed by atoms with Gasteiger partial charge in [-0.3, -0.25) is 4.79 Å². The van der Waals surface area contributed by atoms with Crippen LogP contribution in [0.1, 0.15) is 30.3 Å².